The van der Waals surface area contributed by atoms with Crippen LogP contribution in [-0.4, -0.2) is 23.2 Å². The number of nitrogens with one attached hydrogen (secondary N) is 1. The number of alkyl halides is 3. The molecular formula is C15H16F3NO3. The Hall–Kier alpha value is -2.05. The Kier molecular flexibility index (Phi) is 4.73. The topological polar surface area (TPSA) is 66.4 Å². The lowest BCUT2D eigenvalue weighted by molar-refractivity contribution is -0.141. The molecule has 7 heteroatoms. The molecule has 0 aromatic heterocycles. The fourth-order valence-corrected chi connectivity index (χ4v) is 2.69. The largest absolute Gasteiger partial charge is 0.481 e. The van der Waals surface area contributed by atoms with Crippen molar-refractivity contribution in [1.82, 2.24) is 0 Å². The second-order valence-electron chi connectivity index (χ2n) is 5.48. The number of para-hydroxylation sites is 1. The highest BCUT2D eigenvalue weighted by molar-refractivity contribution is 5.94. The summed E-state index contributed by atoms with van der Waals surface area (Å²) in [5, 5.41) is 11.4. The lowest BCUT2D eigenvalue weighted by Crippen LogP contribution is -2.23. The lowest BCUT2D eigenvalue weighted by Gasteiger charge is -2.15. The summed E-state index contributed by atoms with van der Waals surface area (Å²) in [7, 11) is 0. The zero-order chi connectivity index (χ0) is 16.3. The SMILES string of the molecule is O=C(O)[C@@H]1CC[C@H](C(=O)Nc2ccccc2CC(F)(F)F)C1. The van der Waals surface area contributed by atoms with Gasteiger partial charge in [-0.1, -0.05) is 18.2 Å². The number of hydrogen-bond donors (Lipinski definition) is 2. The molecule has 0 radical (unpaired) electrons. The molecule has 120 valence electrons. The highest BCUT2D eigenvalue weighted by atomic mass is 19.4. The summed E-state index contributed by atoms with van der Waals surface area (Å²) in [6, 6.07) is 5.76. The van der Waals surface area contributed by atoms with Crippen LogP contribution in [-0.2, 0) is 16.0 Å². The van der Waals surface area contributed by atoms with Crippen LogP contribution < -0.4 is 5.32 Å². The van der Waals surface area contributed by atoms with Crippen molar-refractivity contribution in [2.24, 2.45) is 11.8 Å². The van der Waals surface area contributed by atoms with E-state index in [1.54, 1.807) is 6.07 Å². The first-order chi connectivity index (χ1) is 10.3. The van der Waals surface area contributed by atoms with Crippen molar-refractivity contribution in [2.75, 3.05) is 5.32 Å². The number of hydrogen-bond acceptors (Lipinski definition) is 2. The molecule has 2 N–H and O–H groups in total. The fraction of sp³-hybridized carbons (Fsp3) is 0.467. The quantitative estimate of drug-likeness (QED) is 0.896. The van der Waals surface area contributed by atoms with Gasteiger partial charge >= 0.3 is 12.1 Å². The van der Waals surface area contributed by atoms with Gasteiger partial charge in [-0.25, -0.2) is 0 Å². The molecular weight excluding hydrogens is 299 g/mol. The molecule has 0 aliphatic heterocycles. The van der Waals surface area contributed by atoms with Crippen LogP contribution in [0.15, 0.2) is 24.3 Å². The van der Waals surface area contributed by atoms with Gasteiger partial charge in [-0.2, -0.15) is 13.2 Å². The molecule has 1 aliphatic rings. The maximum Gasteiger partial charge on any atom is 0.393 e. The van der Waals surface area contributed by atoms with E-state index in [0.29, 0.717) is 12.8 Å². The van der Waals surface area contributed by atoms with E-state index in [2.05, 4.69) is 5.32 Å². The van der Waals surface area contributed by atoms with Crippen molar-refractivity contribution in [2.45, 2.75) is 31.9 Å². The van der Waals surface area contributed by atoms with Gasteiger partial charge in [-0.15, -0.1) is 0 Å². The van der Waals surface area contributed by atoms with E-state index in [-0.39, 0.29) is 17.7 Å². The molecule has 0 bridgehead atoms. The molecule has 2 atom stereocenters. The fourth-order valence-electron chi connectivity index (χ4n) is 2.69. The van der Waals surface area contributed by atoms with E-state index >= 15 is 0 Å². The number of carbonyl (C=O) groups excluding carboxylic acids is 1. The number of carboxylic acids is 1. The van der Waals surface area contributed by atoms with Crippen LogP contribution in [0.25, 0.3) is 0 Å². The van der Waals surface area contributed by atoms with Crippen LogP contribution in [0, 0.1) is 11.8 Å². The number of carboxylic acid groups (broad SMARTS) is 1. The van der Waals surface area contributed by atoms with E-state index in [4.69, 9.17) is 5.11 Å². The third kappa shape index (κ3) is 4.22. The molecule has 1 aromatic rings. The molecule has 0 unspecified atom stereocenters. The van der Waals surface area contributed by atoms with E-state index in [1.165, 1.54) is 18.2 Å². The van der Waals surface area contributed by atoms with Crippen molar-refractivity contribution in [1.29, 1.82) is 0 Å². The Morgan fingerprint density at radius 2 is 1.82 bits per heavy atom. The van der Waals surface area contributed by atoms with Gasteiger partial charge in [-0.05, 0) is 30.9 Å². The summed E-state index contributed by atoms with van der Waals surface area (Å²) in [5.74, 6) is -2.38. The van der Waals surface area contributed by atoms with E-state index < -0.39 is 36.3 Å². The normalized spacial score (nSPS) is 21.6. The van der Waals surface area contributed by atoms with Gasteiger partial charge in [0, 0.05) is 11.6 Å². The predicted octanol–water partition coefficient (Wildman–Crippen LogP) is 3.23. The Morgan fingerprint density at radius 1 is 1.18 bits per heavy atom. The minimum atomic E-state index is -4.36. The lowest BCUT2D eigenvalue weighted by atomic mass is 10.0. The molecule has 4 nitrogen and oxygen atoms in total. The summed E-state index contributed by atoms with van der Waals surface area (Å²) in [6.07, 6.45) is -4.40. The molecule has 0 saturated heterocycles. The van der Waals surface area contributed by atoms with Crippen molar-refractivity contribution in [3.8, 4) is 0 Å². The van der Waals surface area contributed by atoms with Gasteiger partial charge in [-0.3, -0.25) is 9.59 Å². The number of amides is 1. The number of carbonyl (C=O) groups is 2. The Labute approximate surface area is 125 Å². The monoisotopic (exact) mass is 315 g/mol. The zero-order valence-corrected chi connectivity index (χ0v) is 11.7. The van der Waals surface area contributed by atoms with Gasteiger partial charge in [0.15, 0.2) is 0 Å². The second kappa shape index (κ2) is 6.37. The van der Waals surface area contributed by atoms with Gasteiger partial charge in [0.1, 0.15) is 0 Å². The van der Waals surface area contributed by atoms with Gasteiger partial charge in [0.05, 0.1) is 12.3 Å². The standard InChI is InChI=1S/C15H16F3NO3/c16-15(17,18)8-11-3-1-2-4-12(11)19-13(20)9-5-6-10(7-9)14(21)22/h1-4,9-10H,5-8H2,(H,19,20)(H,21,22)/t9-,10+/m0/s1. The highest BCUT2D eigenvalue weighted by Crippen LogP contribution is 2.33. The average Bonchev–Trinajstić information content (AvgIpc) is 2.89. The number of aliphatic carboxylic acids is 1. The summed E-state index contributed by atoms with van der Waals surface area (Å²) in [4.78, 5) is 23.0. The van der Waals surface area contributed by atoms with Crippen LogP contribution in [0.4, 0.5) is 18.9 Å². The van der Waals surface area contributed by atoms with E-state index in [9.17, 15) is 22.8 Å². The number of benzene rings is 1. The predicted molar refractivity (Wildman–Crippen MR) is 73.3 cm³/mol. The summed E-state index contributed by atoms with van der Waals surface area (Å²) in [6.45, 7) is 0. The molecule has 0 heterocycles. The number of halogens is 3. The first-order valence-corrected chi connectivity index (χ1v) is 6.94. The first kappa shape index (κ1) is 16.3. The summed E-state index contributed by atoms with van der Waals surface area (Å²) in [5.41, 5.74) is 0.125. The minimum absolute atomic E-state index is 0.00358. The zero-order valence-electron chi connectivity index (χ0n) is 11.7. The third-order valence-corrected chi connectivity index (χ3v) is 3.82. The molecule has 1 amide bonds. The van der Waals surface area contributed by atoms with Crippen LogP contribution in [0.3, 0.4) is 0 Å². The van der Waals surface area contributed by atoms with Crippen molar-refractivity contribution < 1.29 is 27.9 Å². The summed E-state index contributed by atoms with van der Waals surface area (Å²) < 4.78 is 37.6. The van der Waals surface area contributed by atoms with Gasteiger partial charge in [0.25, 0.3) is 0 Å². The minimum Gasteiger partial charge on any atom is -0.481 e. The Bertz CT molecular complexity index is 571. The third-order valence-electron chi connectivity index (χ3n) is 3.82. The summed E-state index contributed by atoms with van der Waals surface area (Å²) >= 11 is 0. The highest BCUT2D eigenvalue weighted by Gasteiger charge is 2.34. The van der Waals surface area contributed by atoms with Crippen molar-refractivity contribution in [3.05, 3.63) is 29.8 Å². The van der Waals surface area contributed by atoms with Gasteiger partial charge in [0.2, 0.25) is 5.91 Å². The van der Waals surface area contributed by atoms with Crippen molar-refractivity contribution >= 4 is 17.6 Å². The van der Waals surface area contributed by atoms with Gasteiger partial charge < -0.3 is 10.4 Å². The molecule has 1 fully saturated rings. The molecule has 1 aromatic carbocycles. The van der Waals surface area contributed by atoms with Crippen LogP contribution >= 0.6 is 0 Å². The maximum atomic E-state index is 12.5. The van der Waals surface area contributed by atoms with Crippen molar-refractivity contribution in [3.63, 3.8) is 0 Å². The molecule has 22 heavy (non-hydrogen) atoms. The smallest absolute Gasteiger partial charge is 0.393 e. The second-order valence-corrected chi connectivity index (χ2v) is 5.48. The van der Waals surface area contributed by atoms with Crippen LogP contribution in [0.1, 0.15) is 24.8 Å². The maximum absolute atomic E-state index is 12.5. The van der Waals surface area contributed by atoms with E-state index in [0.717, 1.165) is 0 Å². The van der Waals surface area contributed by atoms with Crippen LogP contribution in [0.5, 0.6) is 0 Å². The molecule has 1 aliphatic carbocycles. The Balaban J connectivity index is 2.05. The molecule has 1 saturated carbocycles. The number of rotatable bonds is 4. The van der Waals surface area contributed by atoms with E-state index in [1.807, 2.05) is 0 Å². The molecule has 2 rings (SSSR count). The Morgan fingerprint density at radius 3 is 2.41 bits per heavy atom. The molecule has 0 spiro atoms. The van der Waals surface area contributed by atoms with Crippen LogP contribution in [0.2, 0.25) is 0 Å². The number of anilines is 1. The first-order valence-electron chi connectivity index (χ1n) is 6.94. The average molecular weight is 315 g/mol.